The molecule has 1 fully saturated rings. The Morgan fingerprint density at radius 3 is 1.89 bits per heavy atom. The Morgan fingerprint density at radius 1 is 0.815 bits per heavy atom. The van der Waals surface area contributed by atoms with Crippen molar-refractivity contribution in [1.82, 2.24) is 0 Å². The van der Waals surface area contributed by atoms with Gasteiger partial charge in [-0.15, -0.1) is 0 Å². The molecule has 6 nitrogen and oxygen atoms in total. The molecule has 2 aromatic rings. The van der Waals surface area contributed by atoms with E-state index < -0.39 is 0 Å². The smallest absolute Gasteiger partial charge is 0.248 e. The predicted molar refractivity (Wildman–Crippen MR) is 106 cm³/mol. The highest BCUT2D eigenvalue weighted by Gasteiger charge is 2.29. The van der Waals surface area contributed by atoms with E-state index in [0.29, 0.717) is 11.4 Å². The molecule has 6 heteroatoms. The summed E-state index contributed by atoms with van der Waals surface area (Å²) in [6.45, 7) is 1.45. The molecule has 0 heterocycles. The Balaban J connectivity index is 1.51. The molecular weight excluding hydrogens is 342 g/mol. The van der Waals surface area contributed by atoms with Crippen molar-refractivity contribution in [1.29, 1.82) is 0 Å². The first-order valence-electron chi connectivity index (χ1n) is 8.77. The lowest BCUT2D eigenvalue weighted by atomic mass is 10.2. The highest BCUT2D eigenvalue weighted by Crippen LogP contribution is 2.30. The third-order valence-electron chi connectivity index (χ3n) is 4.03. The van der Waals surface area contributed by atoms with Crippen molar-refractivity contribution < 1.29 is 14.4 Å². The number of hydrogen-bond acceptors (Lipinski definition) is 3. The Morgan fingerprint density at radius 2 is 1.33 bits per heavy atom. The van der Waals surface area contributed by atoms with E-state index in [1.165, 1.54) is 13.0 Å². The molecule has 1 saturated carbocycles. The van der Waals surface area contributed by atoms with Gasteiger partial charge in [0, 0.05) is 36.0 Å². The molecule has 3 rings (SSSR count). The average Bonchev–Trinajstić information content (AvgIpc) is 3.47. The van der Waals surface area contributed by atoms with Crippen LogP contribution in [0.2, 0.25) is 0 Å². The van der Waals surface area contributed by atoms with Crippen molar-refractivity contribution in [3.63, 3.8) is 0 Å². The first-order valence-corrected chi connectivity index (χ1v) is 8.77. The van der Waals surface area contributed by atoms with E-state index in [0.717, 1.165) is 24.1 Å². The standard InChI is InChI=1S/C21H21N3O3/c1-14(25)22-17-7-2-15(3-8-17)4-13-20(26)23-18-9-11-19(12-10-18)24-21(27)16-5-6-16/h2-4,7-13,16H,5-6H2,1H3,(H,22,25)(H,23,26)(H,24,27)/b13-4+. The largest absolute Gasteiger partial charge is 0.326 e. The van der Waals surface area contributed by atoms with Crippen LogP contribution in [0.4, 0.5) is 17.1 Å². The first kappa shape index (κ1) is 18.4. The Labute approximate surface area is 157 Å². The monoisotopic (exact) mass is 363 g/mol. The van der Waals surface area contributed by atoms with Gasteiger partial charge in [0.15, 0.2) is 0 Å². The second-order valence-corrected chi connectivity index (χ2v) is 6.47. The van der Waals surface area contributed by atoms with Crippen LogP contribution in [-0.2, 0) is 14.4 Å². The van der Waals surface area contributed by atoms with Crippen LogP contribution < -0.4 is 16.0 Å². The van der Waals surface area contributed by atoms with Gasteiger partial charge in [-0.3, -0.25) is 14.4 Å². The molecule has 0 bridgehead atoms. The molecule has 1 aliphatic carbocycles. The topological polar surface area (TPSA) is 87.3 Å². The van der Waals surface area contributed by atoms with Gasteiger partial charge in [-0.2, -0.15) is 0 Å². The SMILES string of the molecule is CC(=O)Nc1ccc(/C=C/C(=O)Nc2ccc(NC(=O)C3CC3)cc2)cc1. The average molecular weight is 363 g/mol. The van der Waals surface area contributed by atoms with Crippen LogP contribution in [0.5, 0.6) is 0 Å². The summed E-state index contributed by atoms with van der Waals surface area (Å²) >= 11 is 0. The van der Waals surface area contributed by atoms with Gasteiger partial charge in [-0.25, -0.2) is 0 Å². The van der Waals surface area contributed by atoms with Gasteiger partial charge in [0.2, 0.25) is 17.7 Å². The lowest BCUT2D eigenvalue weighted by Gasteiger charge is -2.06. The zero-order chi connectivity index (χ0) is 19.2. The van der Waals surface area contributed by atoms with Crippen molar-refractivity contribution >= 4 is 40.9 Å². The zero-order valence-electron chi connectivity index (χ0n) is 15.0. The minimum Gasteiger partial charge on any atom is -0.326 e. The lowest BCUT2D eigenvalue weighted by molar-refractivity contribution is -0.117. The van der Waals surface area contributed by atoms with Gasteiger partial charge in [0.05, 0.1) is 0 Å². The van der Waals surface area contributed by atoms with Crippen LogP contribution in [0.15, 0.2) is 54.6 Å². The van der Waals surface area contributed by atoms with Crippen molar-refractivity contribution in [2.45, 2.75) is 19.8 Å². The summed E-state index contributed by atoms with van der Waals surface area (Å²) in [5.74, 6) is -0.174. The van der Waals surface area contributed by atoms with Crippen molar-refractivity contribution in [3.8, 4) is 0 Å². The normalized spacial score (nSPS) is 13.2. The molecule has 2 aromatic carbocycles. The molecule has 0 spiro atoms. The number of amides is 3. The summed E-state index contributed by atoms with van der Waals surface area (Å²) in [5, 5.41) is 8.31. The van der Waals surface area contributed by atoms with E-state index in [1.54, 1.807) is 42.5 Å². The van der Waals surface area contributed by atoms with Gasteiger partial charge in [-0.05, 0) is 60.9 Å². The van der Waals surface area contributed by atoms with Crippen LogP contribution in [0.25, 0.3) is 6.08 Å². The highest BCUT2D eigenvalue weighted by molar-refractivity contribution is 6.02. The maximum Gasteiger partial charge on any atom is 0.248 e. The van der Waals surface area contributed by atoms with Gasteiger partial charge < -0.3 is 16.0 Å². The minimum absolute atomic E-state index is 0.0549. The van der Waals surface area contributed by atoms with Crippen LogP contribution in [0.3, 0.4) is 0 Å². The van der Waals surface area contributed by atoms with Crippen LogP contribution in [-0.4, -0.2) is 17.7 Å². The van der Waals surface area contributed by atoms with E-state index >= 15 is 0 Å². The Bertz CT molecular complexity index is 867. The van der Waals surface area contributed by atoms with Gasteiger partial charge >= 0.3 is 0 Å². The number of benzene rings is 2. The molecule has 1 aliphatic rings. The third-order valence-corrected chi connectivity index (χ3v) is 4.03. The Hall–Kier alpha value is -3.41. The predicted octanol–water partition coefficient (Wildman–Crippen LogP) is 3.65. The molecule has 0 radical (unpaired) electrons. The molecule has 0 unspecified atom stereocenters. The Kier molecular flexibility index (Phi) is 5.66. The molecular formula is C21H21N3O3. The summed E-state index contributed by atoms with van der Waals surface area (Å²) in [7, 11) is 0. The number of nitrogens with one attached hydrogen (secondary N) is 3. The molecule has 0 saturated heterocycles. The maximum atomic E-state index is 12.0. The van der Waals surface area contributed by atoms with E-state index in [2.05, 4.69) is 16.0 Å². The van der Waals surface area contributed by atoms with Crippen molar-refractivity contribution in [2.24, 2.45) is 5.92 Å². The lowest BCUT2D eigenvalue weighted by Crippen LogP contribution is -2.13. The fourth-order valence-corrected chi connectivity index (χ4v) is 2.46. The number of carbonyl (C=O) groups is 3. The molecule has 3 amide bonds. The number of hydrogen-bond donors (Lipinski definition) is 3. The summed E-state index contributed by atoms with van der Waals surface area (Å²) < 4.78 is 0. The van der Waals surface area contributed by atoms with Gasteiger partial charge in [0.25, 0.3) is 0 Å². The zero-order valence-corrected chi connectivity index (χ0v) is 15.0. The molecule has 138 valence electrons. The summed E-state index contributed by atoms with van der Waals surface area (Å²) in [4.78, 5) is 34.7. The van der Waals surface area contributed by atoms with Gasteiger partial charge in [0.1, 0.15) is 0 Å². The maximum absolute atomic E-state index is 12.0. The van der Waals surface area contributed by atoms with E-state index in [-0.39, 0.29) is 23.6 Å². The summed E-state index contributed by atoms with van der Waals surface area (Å²) in [6.07, 6.45) is 5.05. The number of anilines is 3. The molecule has 0 aromatic heterocycles. The highest BCUT2D eigenvalue weighted by atomic mass is 16.2. The van der Waals surface area contributed by atoms with Crippen LogP contribution >= 0.6 is 0 Å². The molecule has 0 atom stereocenters. The number of carbonyl (C=O) groups excluding carboxylic acids is 3. The number of rotatable bonds is 6. The minimum atomic E-state index is -0.254. The van der Waals surface area contributed by atoms with Crippen LogP contribution in [0, 0.1) is 5.92 Å². The second-order valence-electron chi connectivity index (χ2n) is 6.47. The van der Waals surface area contributed by atoms with E-state index in [1.807, 2.05) is 12.1 Å². The first-order chi connectivity index (χ1) is 13.0. The van der Waals surface area contributed by atoms with E-state index in [9.17, 15) is 14.4 Å². The fourth-order valence-electron chi connectivity index (χ4n) is 2.46. The molecule has 27 heavy (non-hydrogen) atoms. The van der Waals surface area contributed by atoms with Gasteiger partial charge in [-0.1, -0.05) is 12.1 Å². The summed E-state index contributed by atoms with van der Waals surface area (Å²) in [5.41, 5.74) is 2.92. The van der Waals surface area contributed by atoms with Crippen molar-refractivity contribution in [2.75, 3.05) is 16.0 Å². The molecule has 0 aliphatic heterocycles. The van der Waals surface area contributed by atoms with Crippen LogP contribution in [0.1, 0.15) is 25.3 Å². The second kappa shape index (κ2) is 8.31. The van der Waals surface area contributed by atoms with Crippen molar-refractivity contribution in [3.05, 3.63) is 60.2 Å². The van der Waals surface area contributed by atoms with E-state index in [4.69, 9.17) is 0 Å². The quantitative estimate of drug-likeness (QED) is 0.685. The fraction of sp³-hybridized carbons (Fsp3) is 0.190. The third kappa shape index (κ3) is 5.81. The molecule has 3 N–H and O–H groups in total. The summed E-state index contributed by atoms with van der Waals surface area (Å²) in [6, 6.07) is 14.2.